The number of hydrogen-bond donors (Lipinski definition) is 0. The standard InChI is InChI=1S/C18H28O3SSi/c1-14-8-10-15(11-9-14)22-16(12-17(19)20-5)13-21-23(6,7)18(2,3)4/h8-12H,13H2,1-7H3/b16-12-. The van der Waals surface area contributed by atoms with Crippen molar-refractivity contribution in [2.75, 3.05) is 13.7 Å². The van der Waals surface area contributed by atoms with E-state index in [-0.39, 0.29) is 11.0 Å². The average molecular weight is 353 g/mol. The van der Waals surface area contributed by atoms with Crippen molar-refractivity contribution in [3.8, 4) is 0 Å². The van der Waals surface area contributed by atoms with Gasteiger partial charge >= 0.3 is 5.97 Å². The van der Waals surface area contributed by atoms with E-state index < -0.39 is 8.32 Å². The zero-order chi connectivity index (χ0) is 17.7. The molecule has 0 spiro atoms. The Morgan fingerprint density at radius 2 is 1.78 bits per heavy atom. The lowest BCUT2D eigenvalue weighted by molar-refractivity contribution is -0.134. The maximum absolute atomic E-state index is 11.6. The highest BCUT2D eigenvalue weighted by atomic mass is 32.2. The van der Waals surface area contributed by atoms with Gasteiger partial charge in [-0.15, -0.1) is 0 Å². The fraction of sp³-hybridized carbons (Fsp3) is 0.500. The van der Waals surface area contributed by atoms with Crippen molar-refractivity contribution < 1.29 is 14.0 Å². The van der Waals surface area contributed by atoms with Gasteiger partial charge in [-0.1, -0.05) is 50.2 Å². The van der Waals surface area contributed by atoms with Crippen molar-refractivity contribution >= 4 is 26.0 Å². The van der Waals surface area contributed by atoms with Crippen LogP contribution in [0.5, 0.6) is 0 Å². The smallest absolute Gasteiger partial charge is 0.331 e. The van der Waals surface area contributed by atoms with Crippen LogP contribution < -0.4 is 0 Å². The van der Waals surface area contributed by atoms with Crippen molar-refractivity contribution in [2.24, 2.45) is 0 Å². The van der Waals surface area contributed by atoms with Gasteiger partial charge < -0.3 is 9.16 Å². The second-order valence-corrected chi connectivity index (χ2v) is 13.1. The Hall–Kier alpha value is -1.04. The molecule has 0 saturated heterocycles. The molecule has 0 bridgehead atoms. The van der Waals surface area contributed by atoms with Crippen LogP contribution in [-0.2, 0) is 14.0 Å². The molecular weight excluding hydrogens is 324 g/mol. The van der Waals surface area contributed by atoms with Crippen LogP contribution in [0.4, 0.5) is 0 Å². The molecule has 0 amide bonds. The largest absolute Gasteiger partial charge is 0.466 e. The van der Waals surface area contributed by atoms with Gasteiger partial charge in [0.15, 0.2) is 8.32 Å². The van der Waals surface area contributed by atoms with E-state index >= 15 is 0 Å². The van der Waals surface area contributed by atoms with Crippen LogP contribution in [-0.4, -0.2) is 28.0 Å². The maximum Gasteiger partial charge on any atom is 0.331 e. The summed E-state index contributed by atoms with van der Waals surface area (Å²) in [6.45, 7) is 13.5. The van der Waals surface area contributed by atoms with Gasteiger partial charge in [-0.25, -0.2) is 4.79 Å². The van der Waals surface area contributed by atoms with Gasteiger partial charge in [-0.3, -0.25) is 0 Å². The molecule has 0 aliphatic rings. The van der Waals surface area contributed by atoms with E-state index in [4.69, 9.17) is 9.16 Å². The fourth-order valence-corrected chi connectivity index (χ4v) is 3.42. The predicted molar refractivity (Wildman–Crippen MR) is 100 cm³/mol. The minimum Gasteiger partial charge on any atom is -0.466 e. The van der Waals surface area contributed by atoms with E-state index in [1.54, 1.807) is 11.8 Å². The van der Waals surface area contributed by atoms with Crippen LogP contribution in [0.25, 0.3) is 0 Å². The van der Waals surface area contributed by atoms with Gasteiger partial charge in [0, 0.05) is 15.9 Å². The van der Waals surface area contributed by atoms with Gasteiger partial charge in [0.25, 0.3) is 0 Å². The first kappa shape index (κ1) is 20.0. The van der Waals surface area contributed by atoms with Crippen LogP contribution in [0.2, 0.25) is 18.1 Å². The van der Waals surface area contributed by atoms with Gasteiger partial charge in [0.05, 0.1) is 13.7 Å². The van der Waals surface area contributed by atoms with Crippen LogP contribution in [0.3, 0.4) is 0 Å². The Morgan fingerprint density at radius 1 is 1.22 bits per heavy atom. The molecule has 0 N–H and O–H groups in total. The Morgan fingerprint density at radius 3 is 2.26 bits per heavy atom. The molecule has 0 heterocycles. The summed E-state index contributed by atoms with van der Waals surface area (Å²) < 4.78 is 11.0. The Balaban J connectivity index is 2.88. The fourth-order valence-electron chi connectivity index (χ4n) is 1.52. The Labute approximate surface area is 145 Å². The SMILES string of the molecule is COC(=O)/C=C(/CO[Si](C)(C)C(C)(C)C)Sc1ccc(C)cc1. The number of aryl methyl sites for hydroxylation is 1. The Kier molecular flexibility index (Phi) is 7.11. The molecule has 3 nitrogen and oxygen atoms in total. The first-order valence-corrected chi connectivity index (χ1v) is 11.4. The van der Waals surface area contributed by atoms with Crippen LogP contribution in [0, 0.1) is 6.92 Å². The number of hydrogen-bond acceptors (Lipinski definition) is 4. The summed E-state index contributed by atoms with van der Waals surface area (Å²) in [4.78, 5) is 13.6. The van der Waals surface area contributed by atoms with Gasteiger partial charge in [0.1, 0.15) is 0 Å². The monoisotopic (exact) mass is 352 g/mol. The molecule has 1 aromatic carbocycles. The highest BCUT2D eigenvalue weighted by Crippen LogP contribution is 2.38. The zero-order valence-corrected chi connectivity index (χ0v) is 17.0. The predicted octanol–water partition coefficient (Wildman–Crippen LogP) is 5.17. The molecule has 1 rings (SSSR count). The van der Waals surface area contributed by atoms with Gasteiger partial charge in [-0.05, 0) is 37.2 Å². The summed E-state index contributed by atoms with van der Waals surface area (Å²) in [6, 6.07) is 8.23. The number of rotatable bonds is 6. The minimum atomic E-state index is -1.86. The molecule has 1 aromatic rings. The second-order valence-electron chi connectivity index (χ2n) is 7.10. The highest BCUT2D eigenvalue weighted by Gasteiger charge is 2.37. The van der Waals surface area contributed by atoms with Crippen LogP contribution in [0.1, 0.15) is 26.3 Å². The summed E-state index contributed by atoms with van der Waals surface area (Å²) in [5.74, 6) is -0.349. The zero-order valence-electron chi connectivity index (χ0n) is 15.2. The molecule has 0 aliphatic heterocycles. The molecule has 0 aromatic heterocycles. The topological polar surface area (TPSA) is 35.5 Å². The van der Waals surface area contributed by atoms with E-state index in [0.717, 1.165) is 9.80 Å². The Bertz CT molecular complexity index is 557. The first-order valence-electron chi connectivity index (χ1n) is 7.72. The lowest BCUT2D eigenvalue weighted by atomic mass is 10.2. The van der Waals surface area contributed by atoms with E-state index in [2.05, 4.69) is 65.1 Å². The van der Waals surface area contributed by atoms with Gasteiger partial charge in [0.2, 0.25) is 0 Å². The van der Waals surface area contributed by atoms with E-state index in [1.165, 1.54) is 18.7 Å². The molecule has 0 aliphatic carbocycles. The molecule has 0 unspecified atom stereocenters. The maximum atomic E-state index is 11.6. The van der Waals surface area contributed by atoms with Crippen molar-refractivity contribution in [1.82, 2.24) is 0 Å². The van der Waals surface area contributed by atoms with Crippen LogP contribution in [0.15, 0.2) is 40.1 Å². The third-order valence-corrected chi connectivity index (χ3v) is 9.62. The quantitative estimate of drug-likeness (QED) is 0.306. The lowest BCUT2D eigenvalue weighted by Gasteiger charge is -2.36. The number of carbonyl (C=O) groups is 1. The summed E-state index contributed by atoms with van der Waals surface area (Å²) in [6.07, 6.45) is 1.53. The van der Waals surface area contributed by atoms with Crippen molar-refractivity contribution in [3.63, 3.8) is 0 Å². The first-order chi connectivity index (χ1) is 10.5. The number of esters is 1. The lowest BCUT2D eigenvalue weighted by Crippen LogP contribution is -2.41. The van der Waals surface area contributed by atoms with Crippen LogP contribution >= 0.6 is 11.8 Å². The number of methoxy groups -OCH3 is 1. The van der Waals surface area contributed by atoms with Crippen molar-refractivity contribution in [1.29, 1.82) is 0 Å². The molecule has 5 heteroatoms. The highest BCUT2D eigenvalue weighted by molar-refractivity contribution is 8.03. The third kappa shape index (κ3) is 6.53. The minimum absolute atomic E-state index is 0.137. The van der Waals surface area contributed by atoms with E-state index in [0.29, 0.717) is 6.61 Å². The molecular formula is C18H28O3SSi. The number of benzene rings is 1. The summed E-state index contributed by atoms with van der Waals surface area (Å²) in [5, 5.41) is 0.137. The summed E-state index contributed by atoms with van der Waals surface area (Å²) in [5.41, 5.74) is 1.21. The number of carbonyl (C=O) groups excluding carboxylic acids is 1. The third-order valence-electron chi connectivity index (χ3n) is 4.13. The molecule has 0 atom stereocenters. The molecule has 0 saturated carbocycles. The second kappa shape index (κ2) is 8.17. The summed E-state index contributed by atoms with van der Waals surface area (Å²) in [7, 11) is -0.471. The van der Waals surface area contributed by atoms with E-state index in [1.807, 2.05) is 0 Å². The molecule has 23 heavy (non-hydrogen) atoms. The molecule has 128 valence electrons. The number of thioether (sulfide) groups is 1. The average Bonchev–Trinajstić information content (AvgIpc) is 2.45. The van der Waals surface area contributed by atoms with Gasteiger partial charge in [-0.2, -0.15) is 0 Å². The summed E-state index contributed by atoms with van der Waals surface area (Å²) >= 11 is 1.55. The normalized spacial score (nSPS) is 13.1. The van der Waals surface area contributed by atoms with Crippen molar-refractivity contribution in [3.05, 3.63) is 40.8 Å². The number of ether oxygens (including phenoxy) is 1. The molecule has 0 fully saturated rings. The van der Waals surface area contributed by atoms with Crippen molar-refractivity contribution in [2.45, 2.75) is 50.7 Å². The van der Waals surface area contributed by atoms with E-state index in [9.17, 15) is 4.79 Å². The molecule has 0 radical (unpaired) electrons.